The zero-order valence-corrected chi connectivity index (χ0v) is 21.9. The summed E-state index contributed by atoms with van der Waals surface area (Å²) in [4.78, 5) is 17.0. The average molecular weight is 545 g/mol. The third kappa shape index (κ3) is 4.24. The number of halogens is 1. The van der Waals surface area contributed by atoms with Crippen molar-refractivity contribution in [2.24, 2.45) is 0 Å². The largest absolute Gasteiger partial charge is 0.493 e. The van der Waals surface area contributed by atoms with Crippen molar-refractivity contribution in [1.29, 1.82) is 5.26 Å². The van der Waals surface area contributed by atoms with E-state index in [9.17, 15) is 22.4 Å². The quantitative estimate of drug-likeness (QED) is 0.295. The second-order valence-corrected chi connectivity index (χ2v) is 11.0. The zero-order chi connectivity index (χ0) is 27.3. The molecular formula is C29H25FN4O4S. The molecule has 1 fully saturated rings. The Morgan fingerprint density at radius 3 is 2.62 bits per heavy atom. The van der Waals surface area contributed by atoms with Crippen LogP contribution in [-0.2, 0) is 10.2 Å². The van der Waals surface area contributed by atoms with Crippen molar-refractivity contribution in [1.82, 2.24) is 14.9 Å². The van der Waals surface area contributed by atoms with Crippen molar-refractivity contribution < 1.29 is 17.0 Å². The fourth-order valence-corrected chi connectivity index (χ4v) is 6.14. The molecule has 6 rings (SSSR count). The van der Waals surface area contributed by atoms with E-state index in [4.69, 9.17) is 4.74 Å². The molecule has 0 saturated carbocycles. The van der Waals surface area contributed by atoms with Crippen LogP contribution >= 0.6 is 0 Å². The number of aromatic amines is 1. The van der Waals surface area contributed by atoms with Gasteiger partial charge in [-0.1, -0.05) is 18.2 Å². The molecule has 1 saturated heterocycles. The average Bonchev–Trinajstić information content (AvgIpc) is 3.32. The van der Waals surface area contributed by atoms with Crippen LogP contribution in [0.5, 0.6) is 5.75 Å². The van der Waals surface area contributed by atoms with Gasteiger partial charge in [-0.05, 0) is 74.8 Å². The first-order valence-electron chi connectivity index (χ1n) is 12.8. The second kappa shape index (κ2) is 9.52. The van der Waals surface area contributed by atoms with E-state index in [-0.39, 0.29) is 11.5 Å². The number of piperidine rings is 1. The maximum Gasteiger partial charge on any atom is 0.332 e. The Bertz CT molecular complexity index is 1980. The first-order valence-corrected chi connectivity index (χ1v) is 14.1. The van der Waals surface area contributed by atoms with Crippen molar-refractivity contribution in [3.05, 3.63) is 70.4 Å². The van der Waals surface area contributed by atoms with Gasteiger partial charge in [-0.25, -0.2) is 0 Å². The Hall–Kier alpha value is -4.20. The highest BCUT2D eigenvalue weighted by Crippen LogP contribution is 2.38. The van der Waals surface area contributed by atoms with E-state index in [0.29, 0.717) is 56.5 Å². The molecule has 0 bridgehead atoms. The van der Waals surface area contributed by atoms with Crippen LogP contribution in [0, 0.1) is 11.3 Å². The number of rotatable bonds is 5. The maximum absolute atomic E-state index is 14.0. The van der Waals surface area contributed by atoms with Crippen LogP contribution < -0.4 is 15.5 Å². The monoisotopic (exact) mass is 544 g/mol. The van der Waals surface area contributed by atoms with Crippen molar-refractivity contribution in [3.63, 3.8) is 0 Å². The number of nitrogens with one attached hydrogen (secondary N) is 2. The number of aromatic nitrogens is 2. The Morgan fingerprint density at radius 2 is 1.90 bits per heavy atom. The molecule has 0 atom stereocenters. The number of hydrogen-bond donors (Lipinski definition) is 2. The zero-order valence-electron chi connectivity index (χ0n) is 21.1. The predicted octanol–water partition coefficient (Wildman–Crippen LogP) is 5.16. The number of fused-ring (bicyclic) bond motifs is 4. The molecule has 0 spiro atoms. The molecule has 0 aliphatic carbocycles. The molecular weight excluding hydrogens is 519 g/mol. The van der Waals surface area contributed by atoms with Gasteiger partial charge in [0.25, 0.3) is 0 Å². The van der Waals surface area contributed by atoms with Crippen LogP contribution in [0.2, 0.25) is 0 Å². The van der Waals surface area contributed by atoms with E-state index in [2.05, 4.69) is 20.9 Å². The van der Waals surface area contributed by atoms with Crippen LogP contribution in [0.4, 0.5) is 3.89 Å². The van der Waals surface area contributed by atoms with Crippen LogP contribution in [0.15, 0.2) is 64.3 Å². The molecule has 5 aromatic rings. The molecule has 0 radical (unpaired) electrons. The summed E-state index contributed by atoms with van der Waals surface area (Å²) >= 11 is 0. The third-order valence-electron chi connectivity index (χ3n) is 7.38. The summed E-state index contributed by atoms with van der Waals surface area (Å²) in [5.41, 5.74) is 3.36. The van der Waals surface area contributed by atoms with Crippen LogP contribution in [0.25, 0.3) is 44.0 Å². The molecule has 198 valence electrons. The van der Waals surface area contributed by atoms with E-state index < -0.39 is 15.1 Å². The van der Waals surface area contributed by atoms with E-state index in [1.54, 1.807) is 30.3 Å². The summed E-state index contributed by atoms with van der Waals surface area (Å²) in [6.45, 7) is 3.77. The predicted molar refractivity (Wildman–Crippen MR) is 148 cm³/mol. The number of nitriles is 1. The number of H-pyrrole nitrogens is 1. The van der Waals surface area contributed by atoms with Gasteiger partial charge in [0.15, 0.2) is 5.43 Å². The van der Waals surface area contributed by atoms with Crippen LogP contribution in [-0.4, -0.2) is 37.7 Å². The topological polar surface area (TPSA) is 117 Å². The molecule has 0 amide bonds. The Morgan fingerprint density at radius 1 is 1.10 bits per heavy atom. The van der Waals surface area contributed by atoms with Crippen molar-refractivity contribution in [2.75, 3.05) is 19.7 Å². The summed E-state index contributed by atoms with van der Waals surface area (Å²) in [6, 6.07) is 16.7. The molecule has 1 aliphatic heterocycles. The number of nitrogens with zero attached hydrogens (tertiary/aromatic N) is 2. The molecule has 3 heterocycles. The van der Waals surface area contributed by atoms with E-state index in [1.807, 2.05) is 13.0 Å². The number of ether oxygens (including phenoxy) is 1. The summed E-state index contributed by atoms with van der Waals surface area (Å²) in [6.07, 6.45) is 1.67. The second-order valence-electron chi connectivity index (χ2n) is 9.67. The number of benzene rings is 3. The van der Waals surface area contributed by atoms with Gasteiger partial charge in [0.1, 0.15) is 11.4 Å². The lowest BCUT2D eigenvalue weighted by Gasteiger charge is -2.28. The molecule has 10 heteroatoms. The minimum atomic E-state index is -4.91. The highest BCUT2D eigenvalue weighted by atomic mass is 32.3. The van der Waals surface area contributed by atoms with Gasteiger partial charge in [-0.15, -0.1) is 3.89 Å². The Labute approximate surface area is 223 Å². The summed E-state index contributed by atoms with van der Waals surface area (Å²) in [5.74, 6) is 0.401. The lowest BCUT2D eigenvalue weighted by atomic mass is 9.99. The van der Waals surface area contributed by atoms with Gasteiger partial charge in [-0.3, -0.25) is 4.79 Å². The third-order valence-corrected chi connectivity index (χ3v) is 8.20. The number of hydrogen-bond acceptors (Lipinski definition) is 6. The molecule has 2 aromatic heterocycles. The van der Waals surface area contributed by atoms with Crippen LogP contribution in [0.3, 0.4) is 0 Å². The lowest BCUT2D eigenvalue weighted by Crippen LogP contribution is -2.30. The van der Waals surface area contributed by atoms with Gasteiger partial charge in [0.05, 0.1) is 39.4 Å². The molecule has 0 unspecified atom stereocenters. The van der Waals surface area contributed by atoms with E-state index in [0.717, 1.165) is 31.3 Å². The normalized spacial score (nSPS) is 14.7. The van der Waals surface area contributed by atoms with Gasteiger partial charge in [-0.2, -0.15) is 13.7 Å². The van der Waals surface area contributed by atoms with Crippen molar-refractivity contribution in [2.45, 2.75) is 30.7 Å². The van der Waals surface area contributed by atoms with Gasteiger partial charge < -0.3 is 19.6 Å². The first-order chi connectivity index (χ1) is 18.8. The number of pyridine rings is 1. The Balaban J connectivity index is 1.74. The maximum atomic E-state index is 14.0. The van der Waals surface area contributed by atoms with E-state index >= 15 is 0 Å². The lowest BCUT2D eigenvalue weighted by molar-refractivity contribution is 0.342. The smallest absolute Gasteiger partial charge is 0.332 e. The van der Waals surface area contributed by atoms with Gasteiger partial charge in [0, 0.05) is 22.5 Å². The fraction of sp³-hybridized carbons (Fsp3) is 0.241. The van der Waals surface area contributed by atoms with Gasteiger partial charge in [0.2, 0.25) is 0 Å². The molecule has 3 aromatic carbocycles. The SMILES string of the molecule is CCOc1cc2c(=O)c3c4ccc(C#N)cc4[nH]c3n(C3CCNCC3)c2cc1-c1cccc(S(=O)(=O)F)c1. The minimum Gasteiger partial charge on any atom is -0.493 e. The van der Waals surface area contributed by atoms with E-state index in [1.165, 1.54) is 18.2 Å². The summed E-state index contributed by atoms with van der Waals surface area (Å²) in [7, 11) is -4.91. The molecule has 39 heavy (non-hydrogen) atoms. The first kappa shape index (κ1) is 25.1. The Kier molecular flexibility index (Phi) is 6.13. The highest BCUT2D eigenvalue weighted by Gasteiger charge is 2.25. The van der Waals surface area contributed by atoms with Crippen molar-refractivity contribution >= 4 is 43.1 Å². The van der Waals surface area contributed by atoms with Gasteiger partial charge >= 0.3 is 10.2 Å². The fourth-order valence-electron chi connectivity index (χ4n) is 5.63. The summed E-state index contributed by atoms with van der Waals surface area (Å²) < 4.78 is 45.2. The van der Waals surface area contributed by atoms with Crippen LogP contribution in [0.1, 0.15) is 31.4 Å². The highest BCUT2D eigenvalue weighted by molar-refractivity contribution is 7.86. The minimum absolute atomic E-state index is 0.0729. The van der Waals surface area contributed by atoms with Crippen molar-refractivity contribution in [3.8, 4) is 22.9 Å². The molecule has 8 nitrogen and oxygen atoms in total. The standard InChI is InChI=1S/C29H25FN4O4S/c1-2-38-26-15-23-25(14-22(26)18-4-3-5-20(13-18)39(30,36)37)34(19-8-10-32-11-9-19)29-27(28(23)35)21-7-6-17(16-31)12-24(21)33-29/h3-7,12-15,19,32-33H,2,8-11H2,1H3. The summed E-state index contributed by atoms with van der Waals surface area (Å²) in [5, 5.41) is 14.5. The molecule has 2 N–H and O–H groups in total. The molecule has 1 aliphatic rings.